The van der Waals surface area contributed by atoms with Crippen LogP contribution in [0.2, 0.25) is 0 Å². The lowest BCUT2D eigenvalue weighted by Crippen LogP contribution is -2.41. The Morgan fingerprint density at radius 2 is 1.48 bits per heavy atom. The van der Waals surface area contributed by atoms with Gasteiger partial charge in [0.2, 0.25) is 0 Å². The highest BCUT2D eigenvalue weighted by Gasteiger charge is 2.53. The van der Waals surface area contributed by atoms with Crippen LogP contribution in [0, 0.1) is 11.8 Å². The number of hydrogen-bond acceptors (Lipinski definition) is 6. The van der Waals surface area contributed by atoms with Crippen LogP contribution in [-0.2, 0) is 28.4 Å². The highest BCUT2D eigenvalue weighted by atomic mass is 16.7. The summed E-state index contributed by atoms with van der Waals surface area (Å²) in [7, 11) is 2.06. The number of allylic oxidation sites excluding steroid dienone is 1. The van der Waals surface area contributed by atoms with Gasteiger partial charge in [-0.25, -0.2) is 0 Å². The third-order valence-electron chi connectivity index (χ3n) is 6.39. The van der Waals surface area contributed by atoms with Crippen molar-refractivity contribution < 1.29 is 28.4 Å². The van der Waals surface area contributed by atoms with Crippen molar-refractivity contribution in [1.29, 1.82) is 0 Å². The summed E-state index contributed by atoms with van der Waals surface area (Å²) < 4.78 is 22.2. The van der Waals surface area contributed by atoms with E-state index >= 15 is 0 Å². The highest BCUT2D eigenvalue weighted by molar-refractivity contribution is 6.54. The molecule has 2 aliphatic rings. The summed E-state index contributed by atoms with van der Waals surface area (Å²) in [6.07, 6.45) is 5.90. The molecule has 1 heterocycles. The van der Waals surface area contributed by atoms with E-state index in [0.29, 0.717) is 5.92 Å². The maximum absolute atomic E-state index is 12.0. The normalized spacial score (nSPS) is 20.9. The molecule has 1 aliphatic carbocycles. The maximum Gasteiger partial charge on any atom is 0.499 e. The van der Waals surface area contributed by atoms with Gasteiger partial charge in [-0.15, -0.1) is 5.73 Å². The molecule has 0 aromatic rings. The lowest BCUT2D eigenvalue weighted by Gasteiger charge is -2.32. The number of ether oxygens (including phenoxy) is 2. The predicted octanol–water partition coefficient (Wildman–Crippen LogP) is 4.02. The van der Waals surface area contributed by atoms with Gasteiger partial charge in [0.05, 0.1) is 25.4 Å². The Labute approximate surface area is 175 Å². The Hall–Kier alpha value is -1.56. The number of methoxy groups -OCH3 is 2. The van der Waals surface area contributed by atoms with Crippen molar-refractivity contribution >= 4 is 19.1 Å². The average molecular weight is 406 g/mol. The summed E-state index contributed by atoms with van der Waals surface area (Å²) in [5, 5.41) is 0. The van der Waals surface area contributed by atoms with Crippen LogP contribution in [0.3, 0.4) is 0 Å². The summed E-state index contributed by atoms with van der Waals surface area (Å²) >= 11 is 0. The van der Waals surface area contributed by atoms with Gasteiger partial charge < -0.3 is 18.8 Å². The van der Waals surface area contributed by atoms with Gasteiger partial charge in [-0.3, -0.25) is 9.59 Å². The zero-order valence-electron chi connectivity index (χ0n) is 18.9. The van der Waals surface area contributed by atoms with Crippen LogP contribution >= 0.6 is 0 Å². The molecule has 1 saturated heterocycles. The fraction of sp³-hybridized carbons (Fsp3) is 0.773. The first-order valence-corrected chi connectivity index (χ1v) is 10.5. The molecule has 7 heteroatoms. The predicted molar refractivity (Wildman–Crippen MR) is 111 cm³/mol. The van der Waals surface area contributed by atoms with Crippen molar-refractivity contribution in [3.8, 4) is 0 Å². The van der Waals surface area contributed by atoms with Gasteiger partial charge in [-0.1, -0.05) is 19.3 Å². The number of carbonyl (C=O) groups excluding carboxylic acids is 2. The summed E-state index contributed by atoms with van der Waals surface area (Å²) in [5.41, 5.74) is 4.35. The van der Waals surface area contributed by atoms with Crippen LogP contribution in [0.15, 0.2) is 16.8 Å². The summed E-state index contributed by atoms with van der Waals surface area (Å²) in [5.74, 6) is -1.88. The standard InChI is InChI=1S/C22H35BO6/c1-15(13-17(19(24)26-6)20(25)27-7)14-18(16-11-9-8-10-12-16)23-28-21(2,3)22(4,5)29-23/h16-17H,8-13H2,1-7H3. The second-order valence-electron chi connectivity index (χ2n) is 9.09. The van der Waals surface area contributed by atoms with Gasteiger partial charge in [-0.05, 0) is 65.4 Å². The van der Waals surface area contributed by atoms with Crippen molar-refractivity contribution in [2.45, 2.75) is 84.3 Å². The molecule has 2 rings (SSSR count). The molecule has 0 amide bonds. The van der Waals surface area contributed by atoms with E-state index in [9.17, 15) is 9.59 Å². The fourth-order valence-corrected chi connectivity index (χ4v) is 3.89. The second-order valence-corrected chi connectivity index (χ2v) is 9.09. The summed E-state index contributed by atoms with van der Waals surface area (Å²) in [6, 6.07) is 0. The molecule has 0 N–H and O–H groups in total. The second kappa shape index (κ2) is 9.50. The molecular formula is C22H35BO6. The lowest BCUT2D eigenvalue weighted by molar-refractivity contribution is -0.158. The smallest absolute Gasteiger partial charge is 0.468 e. The van der Waals surface area contributed by atoms with Crippen molar-refractivity contribution in [3.63, 3.8) is 0 Å². The van der Waals surface area contributed by atoms with E-state index in [1.807, 2.05) is 34.6 Å². The minimum absolute atomic E-state index is 0.190. The van der Waals surface area contributed by atoms with E-state index in [1.54, 1.807) is 0 Å². The molecule has 2 fully saturated rings. The molecule has 0 bridgehead atoms. The Kier molecular flexibility index (Phi) is 7.77. The molecule has 1 aliphatic heterocycles. The highest BCUT2D eigenvalue weighted by Crippen LogP contribution is 2.42. The first-order valence-electron chi connectivity index (χ1n) is 10.5. The molecule has 0 aromatic heterocycles. The molecule has 6 nitrogen and oxygen atoms in total. The van der Waals surface area contributed by atoms with Crippen molar-refractivity contribution in [2.75, 3.05) is 14.2 Å². The van der Waals surface area contributed by atoms with Gasteiger partial charge in [0.15, 0.2) is 5.92 Å². The largest absolute Gasteiger partial charge is 0.499 e. The van der Waals surface area contributed by atoms with Crippen LogP contribution < -0.4 is 0 Å². The Bertz CT molecular complexity index is 651. The number of esters is 2. The summed E-state index contributed by atoms with van der Waals surface area (Å²) in [4.78, 5) is 24.1. The molecule has 162 valence electrons. The van der Waals surface area contributed by atoms with Gasteiger partial charge in [0, 0.05) is 5.47 Å². The molecule has 0 unspecified atom stereocenters. The third kappa shape index (κ3) is 5.53. The van der Waals surface area contributed by atoms with Crippen LogP contribution in [0.1, 0.15) is 73.1 Å². The van der Waals surface area contributed by atoms with Crippen LogP contribution in [0.4, 0.5) is 0 Å². The monoisotopic (exact) mass is 406 g/mol. The quantitative estimate of drug-likeness (QED) is 0.287. The first kappa shape index (κ1) is 23.7. The van der Waals surface area contributed by atoms with Gasteiger partial charge in [0.25, 0.3) is 0 Å². The van der Waals surface area contributed by atoms with E-state index in [-0.39, 0.29) is 6.42 Å². The Balaban J connectivity index is 2.39. The zero-order valence-corrected chi connectivity index (χ0v) is 18.9. The van der Waals surface area contributed by atoms with Crippen LogP contribution in [0.25, 0.3) is 0 Å². The van der Waals surface area contributed by atoms with Gasteiger partial charge in [-0.2, -0.15) is 0 Å². The fourth-order valence-electron chi connectivity index (χ4n) is 3.89. The molecule has 0 atom stereocenters. The van der Waals surface area contributed by atoms with E-state index in [1.165, 1.54) is 33.5 Å². The minimum atomic E-state index is -0.997. The van der Waals surface area contributed by atoms with Crippen molar-refractivity contribution in [3.05, 3.63) is 16.8 Å². The summed E-state index contributed by atoms with van der Waals surface area (Å²) in [6.45, 7) is 10.0. The number of hydrogen-bond donors (Lipinski definition) is 0. The molecule has 29 heavy (non-hydrogen) atoms. The SMILES string of the molecule is COC(=O)C(CC(C)=C=C(B1OC(C)(C)C(C)(C)O1)C1CCCCC1)C(=O)OC. The first-order chi connectivity index (χ1) is 13.5. The maximum atomic E-state index is 12.0. The van der Waals surface area contributed by atoms with Gasteiger partial charge >= 0.3 is 19.1 Å². The van der Waals surface area contributed by atoms with Crippen LogP contribution in [0.5, 0.6) is 0 Å². The van der Waals surface area contributed by atoms with Crippen LogP contribution in [-0.4, -0.2) is 44.5 Å². The minimum Gasteiger partial charge on any atom is -0.468 e. The van der Waals surface area contributed by atoms with E-state index in [4.69, 9.17) is 18.8 Å². The topological polar surface area (TPSA) is 71.1 Å². The molecular weight excluding hydrogens is 371 g/mol. The average Bonchev–Trinajstić information content (AvgIpc) is 2.90. The Morgan fingerprint density at radius 3 is 1.93 bits per heavy atom. The lowest BCUT2D eigenvalue weighted by atomic mass is 9.66. The molecule has 0 radical (unpaired) electrons. The van der Waals surface area contributed by atoms with E-state index < -0.39 is 36.2 Å². The van der Waals surface area contributed by atoms with Crippen molar-refractivity contribution in [2.24, 2.45) is 11.8 Å². The number of rotatable bonds is 6. The zero-order chi connectivity index (χ0) is 21.8. The van der Waals surface area contributed by atoms with E-state index in [2.05, 4.69) is 5.73 Å². The Morgan fingerprint density at radius 1 is 1.00 bits per heavy atom. The van der Waals surface area contributed by atoms with E-state index in [0.717, 1.165) is 23.9 Å². The van der Waals surface area contributed by atoms with Gasteiger partial charge in [0.1, 0.15) is 0 Å². The number of carbonyl (C=O) groups is 2. The molecule has 0 aromatic carbocycles. The van der Waals surface area contributed by atoms with Crippen molar-refractivity contribution in [1.82, 2.24) is 0 Å². The third-order valence-corrected chi connectivity index (χ3v) is 6.39. The molecule has 1 saturated carbocycles. The molecule has 0 spiro atoms.